The van der Waals surface area contributed by atoms with Gasteiger partial charge >= 0.3 is 0 Å². The molecule has 0 saturated carbocycles. The van der Waals surface area contributed by atoms with Crippen LogP contribution in [0.4, 0.5) is 27.6 Å². The van der Waals surface area contributed by atoms with Crippen LogP contribution in [0.5, 0.6) is 0 Å². The molecule has 1 aromatic heterocycles. The number of hydrogen-bond donors (Lipinski definition) is 2. The molecule has 12 heteroatoms. The molecule has 0 spiro atoms. The summed E-state index contributed by atoms with van der Waals surface area (Å²) in [5.74, 6) is -2.06. The smallest absolute Gasteiger partial charge is 0.275 e. The minimum atomic E-state index is -3.15. The maximum absolute atomic E-state index is 14.5. The maximum atomic E-state index is 14.5. The standard InChI is InChI=1S/C19H16ClF5N4O2/c20-12-3-9(4-14(22)23)6-27-16(12)17(30)28-10-1-2-13(21)11(5-10)19(18(24)25)8-31-7-15(26)29-19/h1-3,5-6,14,18H,4,7-8H2,(H2,26,29)(H,28,30)/t19-/m0/s1. The van der Waals surface area contributed by atoms with Crippen molar-refractivity contribution in [1.29, 1.82) is 0 Å². The van der Waals surface area contributed by atoms with Gasteiger partial charge in [0.2, 0.25) is 6.43 Å². The predicted molar refractivity (Wildman–Crippen MR) is 103 cm³/mol. The minimum Gasteiger partial charge on any atom is -0.385 e. The number of carbonyl (C=O) groups excluding carboxylic acids is 1. The number of aliphatic imine (C=N–C) groups is 1. The van der Waals surface area contributed by atoms with E-state index in [1.807, 2.05) is 0 Å². The summed E-state index contributed by atoms with van der Waals surface area (Å²) in [6.45, 7) is -0.781. The Balaban J connectivity index is 1.90. The van der Waals surface area contributed by atoms with Gasteiger partial charge in [0.1, 0.15) is 24.0 Å². The Labute approximate surface area is 178 Å². The number of rotatable bonds is 6. The number of halogens is 6. The zero-order chi connectivity index (χ0) is 22.8. The van der Waals surface area contributed by atoms with Gasteiger partial charge in [0.05, 0.1) is 11.6 Å². The number of benzene rings is 1. The average molecular weight is 463 g/mol. The van der Waals surface area contributed by atoms with E-state index >= 15 is 0 Å². The molecule has 1 aliphatic heterocycles. The first-order valence-electron chi connectivity index (χ1n) is 8.86. The molecule has 2 heterocycles. The van der Waals surface area contributed by atoms with Gasteiger partial charge in [0.25, 0.3) is 12.3 Å². The Morgan fingerprint density at radius 2 is 2.03 bits per heavy atom. The fourth-order valence-electron chi connectivity index (χ4n) is 3.06. The molecule has 0 bridgehead atoms. The summed E-state index contributed by atoms with van der Waals surface area (Å²) in [6.07, 6.45) is -5.27. The zero-order valence-corrected chi connectivity index (χ0v) is 16.5. The number of amidine groups is 1. The summed E-state index contributed by atoms with van der Waals surface area (Å²) in [5, 5.41) is 2.19. The first-order chi connectivity index (χ1) is 14.6. The summed E-state index contributed by atoms with van der Waals surface area (Å²) in [6, 6.07) is 4.19. The third kappa shape index (κ3) is 4.93. The maximum Gasteiger partial charge on any atom is 0.275 e. The molecule has 2 aromatic rings. The van der Waals surface area contributed by atoms with Crippen molar-refractivity contribution in [3.8, 4) is 0 Å². The predicted octanol–water partition coefficient (Wildman–Crippen LogP) is 3.78. The number of carbonyl (C=O) groups is 1. The molecule has 1 aromatic carbocycles. The Morgan fingerprint density at radius 3 is 2.65 bits per heavy atom. The van der Waals surface area contributed by atoms with Crippen LogP contribution >= 0.6 is 11.6 Å². The molecule has 31 heavy (non-hydrogen) atoms. The summed E-state index contributed by atoms with van der Waals surface area (Å²) in [5.41, 5.74) is 2.43. The van der Waals surface area contributed by atoms with Crippen LogP contribution < -0.4 is 11.1 Å². The van der Waals surface area contributed by atoms with Crippen molar-refractivity contribution in [2.75, 3.05) is 18.5 Å². The second-order valence-corrected chi connectivity index (χ2v) is 7.15. The largest absolute Gasteiger partial charge is 0.385 e. The molecule has 166 valence electrons. The highest BCUT2D eigenvalue weighted by molar-refractivity contribution is 6.34. The number of anilines is 1. The molecular formula is C19H16ClF5N4O2. The highest BCUT2D eigenvalue weighted by atomic mass is 35.5. The van der Waals surface area contributed by atoms with Crippen LogP contribution in [0, 0.1) is 5.82 Å². The number of nitrogens with one attached hydrogen (secondary N) is 1. The third-order valence-corrected chi connectivity index (χ3v) is 4.76. The van der Waals surface area contributed by atoms with E-state index in [1.54, 1.807) is 0 Å². The SMILES string of the molecule is NC1=N[C@@](c2cc(NC(=O)c3ncc(CC(F)F)cc3Cl)ccc2F)(C(F)F)COC1. The van der Waals surface area contributed by atoms with Gasteiger partial charge in [-0.2, -0.15) is 0 Å². The molecule has 0 saturated heterocycles. The van der Waals surface area contributed by atoms with E-state index in [0.717, 1.165) is 24.4 Å². The van der Waals surface area contributed by atoms with E-state index in [9.17, 15) is 26.7 Å². The normalized spacial score (nSPS) is 18.9. The highest BCUT2D eigenvalue weighted by Gasteiger charge is 2.46. The average Bonchev–Trinajstić information content (AvgIpc) is 2.68. The van der Waals surface area contributed by atoms with Crippen LogP contribution in [-0.2, 0) is 16.7 Å². The van der Waals surface area contributed by atoms with Gasteiger partial charge in [-0.25, -0.2) is 26.9 Å². The number of alkyl halides is 4. The topological polar surface area (TPSA) is 89.6 Å². The van der Waals surface area contributed by atoms with Crippen molar-refractivity contribution in [3.63, 3.8) is 0 Å². The number of nitrogens with zero attached hydrogens (tertiary/aromatic N) is 2. The molecule has 0 radical (unpaired) electrons. The van der Waals surface area contributed by atoms with E-state index in [4.69, 9.17) is 22.1 Å². The van der Waals surface area contributed by atoms with E-state index in [1.165, 1.54) is 6.07 Å². The number of ether oxygens (including phenoxy) is 1. The quantitative estimate of drug-likeness (QED) is 0.639. The first-order valence-corrected chi connectivity index (χ1v) is 9.24. The van der Waals surface area contributed by atoms with E-state index in [-0.39, 0.29) is 34.4 Å². The lowest BCUT2D eigenvalue weighted by atomic mass is 9.90. The van der Waals surface area contributed by atoms with Gasteiger partial charge in [0.15, 0.2) is 5.54 Å². The van der Waals surface area contributed by atoms with Gasteiger partial charge in [0, 0.05) is 23.9 Å². The minimum absolute atomic E-state index is 0.0460. The lowest BCUT2D eigenvalue weighted by molar-refractivity contribution is -0.0145. The Bertz CT molecular complexity index is 1020. The molecule has 1 atom stereocenters. The van der Waals surface area contributed by atoms with Crippen LogP contribution in [0.3, 0.4) is 0 Å². The van der Waals surface area contributed by atoms with Crippen molar-refractivity contribution in [1.82, 2.24) is 4.98 Å². The van der Waals surface area contributed by atoms with E-state index in [0.29, 0.717) is 0 Å². The van der Waals surface area contributed by atoms with Gasteiger partial charge < -0.3 is 15.8 Å². The monoisotopic (exact) mass is 462 g/mol. The highest BCUT2D eigenvalue weighted by Crippen LogP contribution is 2.38. The summed E-state index contributed by atoms with van der Waals surface area (Å²) in [7, 11) is 0. The number of pyridine rings is 1. The fraction of sp³-hybridized carbons (Fsp3) is 0.316. The molecule has 6 nitrogen and oxygen atoms in total. The fourth-order valence-corrected chi connectivity index (χ4v) is 3.33. The molecule has 1 amide bonds. The first kappa shape index (κ1) is 22.9. The molecule has 0 unspecified atom stereocenters. The van der Waals surface area contributed by atoms with Gasteiger partial charge in [-0.3, -0.25) is 9.79 Å². The summed E-state index contributed by atoms with van der Waals surface area (Å²) < 4.78 is 72.2. The summed E-state index contributed by atoms with van der Waals surface area (Å²) >= 11 is 5.96. The molecule has 0 fully saturated rings. The lowest BCUT2D eigenvalue weighted by Gasteiger charge is -2.33. The van der Waals surface area contributed by atoms with Gasteiger partial charge in [-0.05, 0) is 29.8 Å². The number of nitrogens with two attached hydrogens (primary N) is 1. The Kier molecular flexibility index (Phi) is 6.75. The number of amides is 1. The van der Waals surface area contributed by atoms with Crippen molar-refractivity contribution in [2.24, 2.45) is 10.7 Å². The third-order valence-electron chi connectivity index (χ3n) is 4.47. The Hall–Kier alpha value is -2.79. The van der Waals surface area contributed by atoms with Crippen LogP contribution in [0.15, 0.2) is 35.5 Å². The lowest BCUT2D eigenvalue weighted by Crippen LogP contribution is -2.45. The molecule has 3 rings (SSSR count). The Morgan fingerprint density at radius 1 is 1.29 bits per heavy atom. The van der Waals surface area contributed by atoms with Gasteiger partial charge in [-0.15, -0.1) is 0 Å². The van der Waals surface area contributed by atoms with Crippen LogP contribution in [0.2, 0.25) is 5.02 Å². The summed E-state index contributed by atoms with van der Waals surface area (Å²) in [4.78, 5) is 20.0. The van der Waals surface area contributed by atoms with E-state index < -0.39 is 48.7 Å². The van der Waals surface area contributed by atoms with Crippen LogP contribution in [0.25, 0.3) is 0 Å². The molecule has 0 aliphatic carbocycles. The van der Waals surface area contributed by atoms with E-state index in [2.05, 4.69) is 15.3 Å². The number of aromatic nitrogens is 1. The second-order valence-electron chi connectivity index (χ2n) is 6.74. The van der Waals surface area contributed by atoms with Crippen molar-refractivity contribution in [3.05, 3.63) is 58.1 Å². The van der Waals surface area contributed by atoms with Crippen LogP contribution in [0.1, 0.15) is 21.6 Å². The molecule has 1 aliphatic rings. The number of hydrogen-bond acceptors (Lipinski definition) is 5. The molecular weight excluding hydrogens is 447 g/mol. The van der Waals surface area contributed by atoms with Crippen molar-refractivity contribution in [2.45, 2.75) is 24.8 Å². The molecule has 3 N–H and O–H groups in total. The second kappa shape index (κ2) is 9.15. The van der Waals surface area contributed by atoms with Crippen molar-refractivity contribution < 1.29 is 31.5 Å². The zero-order valence-electron chi connectivity index (χ0n) is 15.7. The van der Waals surface area contributed by atoms with Crippen molar-refractivity contribution >= 4 is 29.0 Å². The van der Waals surface area contributed by atoms with Gasteiger partial charge in [-0.1, -0.05) is 11.6 Å². The van der Waals surface area contributed by atoms with Crippen LogP contribution in [-0.4, -0.2) is 42.8 Å².